The van der Waals surface area contributed by atoms with Gasteiger partial charge >= 0.3 is 0 Å². The number of nitrogens with two attached hydrogens (primary N) is 2. The number of nitrogens with zero attached hydrogens (tertiary/aromatic N) is 2. The van der Waals surface area contributed by atoms with E-state index in [-0.39, 0.29) is 22.6 Å². The Labute approximate surface area is 217 Å². The minimum atomic E-state index is -0.345. The van der Waals surface area contributed by atoms with Gasteiger partial charge in [-0.25, -0.2) is 0 Å². The Balaban J connectivity index is 0.000000201. The van der Waals surface area contributed by atoms with Crippen LogP contribution in [0.15, 0.2) is 60.7 Å². The molecular weight excluding hydrogens is 448 g/mol. The summed E-state index contributed by atoms with van der Waals surface area (Å²) in [5.41, 5.74) is 13.1. The maximum atomic E-state index is 12.7. The Morgan fingerprint density at radius 2 is 0.972 bits per heavy atom. The predicted octanol–water partition coefficient (Wildman–Crippen LogP) is 3.54. The van der Waals surface area contributed by atoms with Crippen molar-refractivity contribution in [2.75, 3.05) is 39.3 Å². The average molecular weight is 493 g/mol. The molecule has 0 bridgehead atoms. The first-order chi connectivity index (χ1) is 17.4. The third kappa shape index (κ3) is 5.07. The van der Waals surface area contributed by atoms with Crippen molar-refractivity contribution < 1.29 is 9.59 Å². The molecule has 4 atom stereocenters. The highest BCUT2D eigenvalue weighted by atomic mass is 16.2. The molecule has 2 amide bonds. The minimum absolute atomic E-state index is 0.245. The molecule has 0 heterocycles. The van der Waals surface area contributed by atoms with E-state index < -0.39 is 0 Å². The van der Waals surface area contributed by atoms with E-state index >= 15 is 0 Å². The van der Waals surface area contributed by atoms with Gasteiger partial charge in [0.25, 0.3) is 0 Å². The van der Waals surface area contributed by atoms with Crippen LogP contribution in [0.1, 0.15) is 51.7 Å². The standard InChI is InChI=1S/2C15H22N2O/c2*1-3-17(4-2)14(18)15(10-13(15)11-16)12-8-6-5-7-9-12/h2*5-9,13H,3-4,10-11,16H2,1-2H3. The van der Waals surface area contributed by atoms with Gasteiger partial charge < -0.3 is 21.3 Å². The van der Waals surface area contributed by atoms with E-state index in [0.717, 1.165) is 50.1 Å². The van der Waals surface area contributed by atoms with Gasteiger partial charge in [-0.3, -0.25) is 9.59 Å². The largest absolute Gasteiger partial charge is 0.342 e. The highest BCUT2D eigenvalue weighted by Gasteiger charge is 2.61. The average Bonchev–Trinajstić information content (AvgIpc) is 3.85. The van der Waals surface area contributed by atoms with Crippen LogP contribution in [-0.4, -0.2) is 60.9 Å². The molecule has 36 heavy (non-hydrogen) atoms. The van der Waals surface area contributed by atoms with E-state index in [4.69, 9.17) is 11.5 Å². The molecule has 0 radical (unpaired) electrons. The molecule has 0 spiro atoms. The molecule has 2 aromatic carbocycles. The Kier molecular flexibility index (Phi) is 9.31. The fraction of sp³-hybridized carbons (Fsp3) is 0.533. The zero-order valence-electron chi connectivity index (χ0n) is 22.5. The fourth-order valence-electron chi connectivity index (χ4n) is 5.76. The lowest BCUT2D eigenvalue weighted by atomic mass is 9.91. The monoisotopic (exact) mass is 492 g/mol. The van der Waals surface area contributed by atoms with Gasteiger partial charge in [-0.15, -0.1) is 0 Å². The summed E-state index contributed by atoms with van der Waals surface area (Å²) < 4.78 is 0. The lowest BCUT2D eigenvalue weighted by Crippen LogP contribution is -2.40. The fourth-order valence-corrected chi connectivity index (χ4v) is 5.76. The Bertz CT molecular complexity index is 909. The van der Waals surface area contributed by atoms with Crippen molar-refractivity contribution in [3.8, 4) is 0 Å². The Morgan fingerprint density at radius 3 is 1.19 bits per heavy atom. The van der Waals surface area contributed by atoms with Gasteiger partial charge in [0.1, 0.15) is 0 Å². The molecule has 6 heteroatoms. The summed E-state index contributed by atoms with van der Waals surface area (Å²) >= 11 is 0. The zero-order valence-corrected chi connectivity index (χ0v) is 22.5. The van der Waals surface area contributed by atoms with Crippen LogP contribution in [0.4, 0.5) is 0 Å². The van der Waals surface area contributed by atoms with Crippen LogP contribution < -0.4 is 11.5 Å². The number of likely N-dealkylation sites (N-methyl/N-ethyl adjacent to an activating group) is 2. The van der Waals surface area contributed by atoms with Gasteiger partial charge in [-0.05, 0) is 76.6 Å². The maximum absolute atomic E-state index is 12.7. The van der Waals surface area contributed by atoms with Crippen molar-refractivity contribution in [1.29, 1.82) is 0 Å². The van der Waals surface area contributed by atoms with Crippen LogP contribution in [0.5, 0.6) is 0 Å². The molecule has 2 saturated carbocycles. The van der Waals surface area contributed by atoms with Crippen LogP contribution in [0.2, 0.25) is 0 Å². The van der Waals surface area contributed by atoms with Gasteiger partial charge in [0.15, 0.2) is 0 Å². The summed E-state index contributed by atoms with van der Waals surface area (Å²) in [6, 6.07) is 20.2. The van der Waals surface area contributed by atoms with Gasteiger partial charge in [0, 0.05) is 26.2 Å². The number of benzene rings is 2. The molecule has 6 nitrogen and oxygen atoms in total. The topological polar surface area (TPSA) is 92.7 Å². The minimum Gasteiger partial charge on any atom is -0.342 e. The number of carbonyl (C=O) groups is 2. The van der Waals surface area contributed by atoms with Gasteiger partial charge in [-0.1, -0.05) is 60.7 Å². The van der Waals surface area contributed by atoms with Crippen LogP contribution >= 0.6 is 0 Å². The number of amides is 2. The molecule has 4 unspecified atom stereocenters. The highest BCUT2D eigenvalue weighted by Crippen LogP contribution is 2.55. The van der Waals surface area contributed by atoms with E-state index in [0.29, 0.717) is 24.9 Å². The van der Waals surface area contributed by atoms with Crippen LogP contribution in [0.25, 0.3) is 0 Å². The first kappa shape index (κ1) is 27.9. The van der Waals surface area contributed by atoms with Gasteiger partial charge in [0.05, 0.1) is 10.8 Å². The molecular formula is C30H44N4O2. The Morgan fingerprint density at radius 1 is 0.667 bits per heavy atom. The normalized spacial score (nSPS) is 25.8. The van der Waals surface area contributed by atoms with Crippen molar-refractivity contribution in [2.24, 2.45) is 23.3 Å². The third-order valence-electron chi connectivity index (χ3n) is 8.22. The zero-order chi connectivity index (χ0) is 26.3. The second-order valence-electron chi connectivity index (χ2n) is 9.90. The van der Waals surface area contributed by atoms with Crippen molar-refractivity contribution in [3.63, 3.8) is 0 Å². The van der Waals surface area contributed by atoms with Crippen molar-refractivity contribution >= 4 is 11.8 Å². The van der Waals surface area contributed by atoms with Crippen molar-refractivity contribution in [2.45, 2.75) is 51.4 Å². The third-order valence-corrected chi connectivity index (χ3v) is 8.22. The predicted molar refractivity (Wildman–Crippen MR) is 146 cm³/mol. The molecule has 196 valence electrons. The highest BCUT2D eigenvalue weighted by molar-refractivity contribution is 5.92. The van der Waals surface area contributed by atoms with Crippen molar-refractivity contribution in [3.05, 3.63) is 71.8 Å². The van der Waals surface area contributed by atoms with Crippen LogP contribution in [-0.2, 0) is 20.4 Å². The van der Waals surface area contributed by atoms with Crippen molar-refractivity contribution in [1.82, 2.24) is 9.80 Å². The van der Waals surface area contributed by atoms with Gasteiger partial charge in [0.2, 0.25) is 11.8 Å². The number of hydrogen-bond donors (Lipinski definition) is 2. The molecule has 2 aromatic rings. The molecule has 2 aliphatic rings. The number of hydrogen-bond acceptors (Lipinski definition) is 4. The van der Waals surface area contributed by atoms with Gasteiger partial charge in [-0.2, -0.15) is 0 Å². The lowest BCUT2D eigenvalue weighted by molar-refractivity contribution is -0.134. The first-order valence-corrected chi connectivity index (χ1v) is 13.5. The molecule has 2 aliphatic carbocycles. The van der Waals surface area contributed by atoms with Crippen LogP contribution in [0, 0.1) is 11.8 Å². The second-order valence-corrected chi connectivity index (χ2v) is 9.90. The summed E-state index contributed by atoms with van der Waals surface area (Å²) in [7, 11) is 0. The Hall–Kier alpha value is -2.70. The second kappa shape index (κ2) is 12.0. The van der Waals surface area contributed by atoms with E-state index in [1.165, 1.54) is 0 Å². The molecule has 2 fully saturated rings. The summed E-state index contributed by atoms with van der Waals surface area (Å²) in [4.78, 5) is 29.3. The smallest absolute Gasteiger partial charge is 0.233 e. The summed E-state index contributed by atoms with van der Waals surface area (Å²) in [6.45, 7) is 12.3. The van der Waals surface area contributed by atoms with E-state index in [1.54, 1.807) is 0 Å². The SMILES string of the molecule is CCN(CC)C(=O)C1(c2ccccc2)CC1CN.CCN(CC)C(=O)C1(c2ccccc2)CC1CN. The van der Waals surface area contributed by atoms with E-state index in [2.05, 4.69) is 24.3 Å². The maximum Gasteiger partial charge on any atom is 0.233 e. The number of carbonyl (C=O) groups excluding carboxylic acids is 2. The first-order valence-electron chi connectivity index (χ1n) is 13.5. The molecule has 0 saturated heterocycles. The summed E-state index contributed by atoms with van der Waals surface area (Å²) in [5, 5.41) is 0. The molecule has 0 aromatic heterocycles. The molecule has 4 N–H and O–H groups in total. The molecule has 0 aliphatic heterocycles. The summed E-state index contributed by atoms with van der Waals surface area (Å²) in [6.07, 6.45) is 1.78. The number of rotatable bonds is 10. The molecule has 4 rings (SSSR count). The van der Waals surface area contributed by atoms with Crippen LogP contribution in [0.3, 0.4) is 0 Å². The lowest BCUT2D eigenvalue weighted by Gasteiger charge is -2.26. The summed E-state index contributed by atoms with van der Waals surface area (Å²) in [5.74, 6) is 1.09. The van der Waals surface area contributed by atoms with E-state index in [9.17, 15) is 9.59 Å². The van der Waals surface area contributed by atoms with E-state index in [1.807, 2.05) is 73.9 Å². The quantitative estimate of drug-likeness (QED) is 0.531.